The maximum Gasteiger partial charge on any atom is 0.262 e. The van der Waals surface area contributed by atoms with Crippen molar-refractivity contribution in [3.63, 3.8) is 0 Å². The molecule has 1 aliphatic heterocycles. The van der Waals surface area contributed by atoms with Crippen molar-refractivity contribution in [3.8, 4) is 11.3 Å². The van der Waals surface area contributed by atoms with Crippen LogP contribution in [0.4, 0.5) is 0 Å². The fourth-order valence-electron chi connectivity index (χ4n) is 1.82. The second-order valence-corrected chi connectivity index (χ2v) is 4.48. The third-order valence-electron chi connectivity index (χ3n) is 2.77. The number of aromatic nitrogens is 1. The zero-order valence-electron chi connectivity index (χ0n) is 9.81. The fourth-order valence-corrected chi connectivity index (χ4v) is 2.05. The van der Waals surface area contributed by atoms with Crippen LogP contribution in [-0.4, -0.2) is 17.6 Å². The summed E-state index contributed by atoms with van der Waals surface area (Å²) in [5, 5.41) is 4.56. The Labute approximate surface area is 114 Å². The predicted molar refractivity (Wildman–Crippen MR) is 71.1 cm³/mol. The minimum Gasteiger partial charge on any atom is -0.356 e. The van der Waals surface area contributed by atoms with Crippen molar-refractivity contribution in [1.82, 2.24) is 16.0 Å². The largest absolute Gasteiger partial charge is 0.356 e. The summed E-state index contributed by atoms with van der Waals surface area (Å²) in [5.41, 5.74) is 7.28. The first-order chi connectivity index (χ1) is 9.24. The van der Waals surface area contributed by atoms with Crippen molar-refractivity contribution in [3.05, 3.63) is 46.7 Å². The van der Waals surface area contributed by atoms with Crippen LogP contribution in [0.25, 0.3) is 17.3 Å². The van der Waals surface area contributed by atoms with Crippen molar-refractivity contribution < 1.29 is 9.32 Å². The first-order valence-electron chi connectivity index (χ1n) is 5.69. The number of halogens is 1. The SMILES string of the molecule is O=C1NNC/C1=C\c1cc(-c2ccccc2Cl)no1. The summed E-state index contributed by atoms with van der Waals surface area (Å²) in [6.45, 7) is 0.459. The van der Waals surface area contributed by atoms with Crippen LogP contribution in [0.1, 0.15) is 5.76 Å². The van der Waals surface area contributed by atoms with E-state index < -0.39 is 0 Å². The number of hydrogen-bond acceptors (Lipinski definition) is 4. The minimum absolute atomic E-state index is 0.157. The Balaban J connectivity index is 1.92. The number of nitrogens with zero attached hydrogens (tertiary/aromatic N) is 1. The molecule has 0 saturated carbocycles. The first-order valence-corrected chi connectivity index (χ1v) is 6.07. The minimum atomic E-state index is -0.157. The second-order valence-electron chi connectivity index (χ2n) is 4.07. The number of benzene rings is 1. The van der Waals surface area contributed by atoms with E-state index in [-0.39, 0.29) is 5.91 Å². The van der Waals surface area contributed by atoms with Gasteiger partial charge in [-0.05, 0) is 12.1 Å². The van der Waals surface area contributed by atoms with Gasteiger partial charge in [-0.3, -0.25) is 10.2 Å². The molecule has 1 aromatic heterocycles. The van der Waals surface area contributed by atoms with Gasteiger partial charge in [-0.1, -0.05) is 35.0 Å². The molecule has 0 spiro atoms. The van der Waals surface area contributed by atoms with Crippen LogP contribution in [0.5, 0.6) is 0 Å². The predicted octanol–water partition coefficient (Wildman–Crippen LogP) is 2.01. The molecule has 1 saturated heterocycles. The lowest BCUT2D eigenvalue weighted by atomic mass is 10.1. The van der Waals surface area contributed by atoms with Crippen LogP contribution in [-0.2, 0) is 4.79 Å². The highest BCUT2D eigenvalue weighted by molar-refractivity contribution is 6.33. The van der Waals surface area contributed by atoms with Crippen molar-refractivity contribution >= 4 is 23.6 Å². The van der Waals surface area contributed by atoms with E-state index in [0.29, 0.717) is 28.6 Å². The summed E-state index contributed by atoms with van der Waals surface area (Å²) in [5.74, 6) is 0.361. The zero-order valence-corrected chi connectivity index (χ0v) is 10.6. The summed E-state index contributed by atoms with van der Waals surface area (Å²) in [6, 6.07) is 9.13. The molecule has 0 bridgehead atoms. The average Bonchev–Trinajstić information content (AvgIpc) is 3.01. The number of nitrogens with one attached hydrogen (secondary N) is 2. The zero-order chi connectivity index (χ0) is 13.2. The summed E-state index contributed by atoms with van der Waals surface area (Å²) in [4.78, 5) is 11.4. The van der Waals surface area contributed by atoms with Gasteiger partial charge in [0.1, 0.15) is 5.69 Å². The summed E-state index contributed by atoms with van der Waals surface area (Å²) in [7, 11) is 0. The second kappa shape index (κ2) is 4.87. The lowest BCUT2D eigenvalue weighted by molar-refractivity contribution is -0.116. The molecule has 1 fully saturated rings. The molecule has 2 heterocycles. The summed E-state index contributed by atoms with van der Waals surface area (Å²) >= 11 is 6.09. The third kappa shape index (κ3) is 2.38. The molecular weight excluding hydrogens is 266 g/mol. The third-order valence-corrected chi connectivity index (χ3v) is 3.10. The van der Waals surface area contributed by atoms with Crippen molar-refractivity contribution in [1.29, 1.82) is 0 Å². The smallest absolute Gasteiger partial charge is 0.262 e. The van der Waals surface area contributed by atoms with Gasteiger partial charge >= 0.3 is 0 Å². The Hall–Kier alpha value is -2.11. The number of carbonyl (C=O) groups is 1. The molecule has 0 atom stereocenters. The Morgan fingerprint density at radius 3 is 2.95 bits per heavy atom. The molecule has 5 nitrogen and oxygen atoms in total. The standard InChI is InChI=1S/C13H10ClN3O2/c14-11-4-2-1-3-10(11)12-6-9(19-17-12)5-8-7-15-16-13(8)18/h1-6,15H,7H2,(H,16,18)/b8-5+. The molecule has 1 amide bonds. The molecule has 2 aromatic rings. The number of hydrogen-bond donors (Lipinski definition) is 2. The average molecular weight is 276 g/mol. The first kappa shape index (κ1) is 12.0. The molecule has 2 N–H and O–H groups in total. The van der Waals surface area contributed by atoms with Gasteiger partial charge in [0, 0.05) is 23.7 Å². The molecule has 0 aliphatic carbocycles. The van der Waals surface area contributed by atoms with E-state index in [1.54, 1.807) is 18.2 Å². The lowest BCUT2D eigenvalue weighted by Gasteiger charge is -1.96. The van der Waals surface area contributed by atoms with Crippen molar-refractivity contribution in [2.75, 3.05) is 6.54 Å². The molecule has 6 heteroatoms. The van der Waals surface area contributed by atoms with Gasteiger partial charge in [-0.25, -0.2) is 5.43 Å². The van der Waals surface area contributed by atoms with Gasteiger partial charge in [-0.15, -0.1) is 0 Å². The van der Waals surface area contributed by atoms with Gasteiger partial charge < -0.3 is 4.52 Å². The summed E-state index contributed by atoms with van der Waals surface area (Å²) in [6.07, 6.45) is 1.66. The van der Waals surface area contributed by atoms with Crippen LogP contribution in [0.3, 0.4) is 0 Å². The Morgan fingerprint density at radius 2 is 2.21 bits per heavy atom. The molecule has 96 valence electrons. The number of hydrazine groups is 1. The van der Waals surface area contributed by atoms with Crippen LogP contribution < -0.4 is 10.9 Å². The topological polar surface area (TPSA) is 67.2 Å². The maximum atomic E-state index is 11.4. The lowest BCUT2D eigenvalue weighted by Crippen LogP contribution is -2.25. The van der Waals surface area contributed by atoms with E-state index >= 15 is 0 Å². The van der Waals surface area contributed by atoms with E-state index in [4.69, 9.17) is 16.1 Å². The Morgan fingerprint density at radius 1 is 1.37 bits per heavy atom. The van der Waals surface area contributed by atoms with Crippen molar-refractivity contribution in [2.45, 2.75) is 0 Å². The molecule has 1 aromatic carbocycles. The van der Waals surface area contributed by atoms with Gasteiger partial charge in [0.2, 0.25) is 0 Å². The van der Waals surface area contributed by atoms with Gasteiger partial charge in [0.15, 0.2) is 5.76 Å². The quantitative estimate of drug-likeness (QED) is 0.823. The molecule has 3 rings (SSSR count). The van der Waals surface area contributed by atoms with Crippen LogP contribution in [0.2, 0.25) is 5.02 Å². The highest BCUT2D eigenvalue weighted by Gasteiger charge is 2.17. The molecule has 1 aliphatic rings. The van der Waals surface area contributed by atoms with E-state index in [2.05, 4.69) is 16.0 Å². The normalized spacial score (nSPS) is 16.9. The Kier molecular flexibility index (Phi) is 3.06. The Bertz CT molecular complexity index is 663. The van der Waals surface area contributed by atoms with Crippen LogP contribution >= 0.6 is 11.6 Å². The molecule has 0 unspecified atom stereocenters. The monoisotopic (exact) mass is 275 g/mol. The fraction of sp³-hybridized carbons (Fsp3) is 0.0769. The maximum absolute atomic E-state index is 11.4. The van der Waals surface area contributed by atoms with E-state index in [9.17, 15) is 4.79 Å². The number of amides is 1. The molecule has 0 radical (unpaired) electrons. The molecule has 19 heavy (non-hydrogen) atoms. The van der Waals surface area contributed by atoms with Crippen molar-refractivity contribution in [2.24, 2.45) is 0 Å². The summed E-state index contributed by atoms with van der Waals surface area (Å²) < 4.78 is 5.19. The number of carbonyl (C=O) groups excluding carboxylic acids is 1. The highest BCUT2D eigenvalue weighted by atomic mass is 35.5. The van der Waals surface area contributed by atoms with Gasteiger partial charge in [0.25, 0.3) is 5.91 Å². The van der Waals surface area contributed by atoms with E-state index in [1.165, 1.54) is 0 Å². The molecular formula is C13H10ClN3O2. The van der Waals surface area contributed by atoms with E-state index in [1.807, 2.05) is 18.2 Å². The van der Waals surface area contributed by atoms with Gasteiger partial charge in [-0.2, -0.15) is 0 Å². The highest BCUT2D eigenvalue weighted by Crippen LogP contribution is 2.27. The van der Waals surface area contributed by atoms with Crippen LogP contribution in [0.15, 0.2) is 40.4 Å². The number of rotatable bonds is 2. The van der Waals surface area contributed by atoms with Crippen LogP contribution in [0, 0.1) is 0 Å². The van der Waals surface area contributed by atoms with E-state index in [0.717, 1.165) is 5.56 Å². The van der Waals surface area contributed by atoms with Gasteiger partial charge in [0.05, 0.1) is 5.02 Å².